The van der Waals surface area contributed by atoms with Gasteiger partial charge in [-0.15, -0.1) is 0 Å². The monoisotopic (exact) mass is 1130 g/mol. The predicted molar refractivity (Wildman–Crippen MR) is 352 cm³/mol. The van der Waals surface area contributed by atoms with Gasteiger partial charge in [-0.2, -0.15) is 0 Å². The number of amides is 1. The van der Waals surface area contributed by atoms with Gasteiger partial charge in [0.1, 0.15) is 0 Å². The Labute approximate surface area is 501 Å². The van der Waals surface area contributed by atoms with E-state index >= 15 is 0 Å². The average molecular weight is 1130 g/mol. The molecule has 0 aromatic heterocycles. The molecule has 476 valence electrons. The van der Waals surface area contributed by atoms with Gasteiger partial charge < -0.3 is 20.3 Å². The molecular formula is C74H145NO5. The maximum absolute atomic E-state index is 12.5. The molecule has 0 aliphatic carbocycles. The number of rotatable bonds is 70. The van der Waals surface area contributed by atoms with Crippen molar-refractivity contribution >= 4 is 11.9 Å². The van der Waals surface area contributed by atoms with Crippen molar-refractivity contribution in [3.05, 3.63) is 12.2 Å². The molecule has 0 aliphatic heterocycles. The minimum Gasteiger partial charge on any atom is -0.466 e. The third-order valence-electron chi connectivity index (χ3n) is 17.6. The summed E-state index contributed by atoms with van der Waals surface area (Å²) in [7, 11) is 0. The second kappa shape index (κ2) is 70.1. The molecule has 0 saturated heterocycles. The molecule has 2 atom stereocenters. The molecule has 0 spiro atoms. The molecule has 0 heterocycles. The van der Waals surface area contributed by atoms with Crippen LogP contribution < -0.4 is 5.32 Å². The SMILES string of the molecule is CCCCCCCCCCCCCCCCCCCCCC(=O)OCCCCCCCCCCCCCC/C=C\CCCCCCCCCCCCCCCCCCCC(=O)NC(CO)C(O)CCCCCCCCCCCCC. The van der Waals surface area contributed by atoms with Crippen molar-refractivity contribution in [2.24, 2.45) is 0 Å². The zero-order valence-corrected chi connectivity index (χ0v) is 54.6. The quantitative estimate of drug-likeness (QED) is 0.0320. The Hall–Kier alpha value is -1.40. The van der Waals surface area contributed by atoms with E-state index in [-0.39, 0.29) is 18.5 Å². The molecule has 3 N–H and O–H groups in total. The molecule has 0 rings (SSSR count). The average Bonchev–Trinajstić information content (AvgIpc) is 3.46. The molecule has 0 saturated carbocycles. The molecule has 0 aliphatic rings. The number of carbonyl (C=O) groups excluding carboxylic acids is 2. The number of carbonyl (C=O) groups is 2. The lowest BCUT2D eigenvalue weighted by molar-refractivity contribution is -0.143. The Morgan fingerprint density at radius 2 is 0.588 bits per heavy atom. The highest BCUT2D eigenvalue weighted by atomic mass is 16.5. The summed E-state index contributed by atoms with van der Waals surface area (Å²) in [4.78, 5) is 24.6. The largest absolute Gasteiger partial charge is 0.466 e. The lowest BCUT2D eigenvalue weighted by Crippen LogP contribution is -2.45. The number of hydrogen-bond acceptors (Lipinski definition) is 5. The van der Waals surface area contributed by atoms with Crippen LogP contribution in [0.5, 0.6) is 0 Å². The fourth-order valence-corrected chi connectivity index (χ4v) is 11.9. The van der Waals surface area contributed by atoms with E-state index in [0.717, 1.165) is 38.5 Å². The van der Waals surface area contributed by atoms with Gasteiger partial charge in [-0.3, -0.25) is 9.59 Å². The van der Waals surface area contributed by atoms with Gasteiger partial charge in [-0.05, 0) is 51.4 Å². The molecule has 2 unspecified atom stereocenters. The van der Waals surface area contributed by atoms with Gasteiger partial charge in [-0.1, -0.05) is 373 Å². The van der Waals surface area contributed by atoms with E-state index in [1.54, 1.807) is 0 Å². The summed E-state index contributed by atoms with van der Waals surface area (Å²) in [5.74, 6) is -0.00597. The fourth-order valence-electron chi connectivity index (χ4n) is 11.9. The zero-order valence-electron chi connectivity index (χ0n) is 54.6. The molecule has 0 aromatic rings. The van der Waals surface area contributed by atoms with Gasteiger partial charge in [-0.25, -0.2) is 0 Å². The number of aliphatic hydroxyl groups excluding tert-OH is 2. The van der Waals surface area contributed by atoms with Crippen molar-refractivity contribution in [1.29, 1.82) is 0 Å². The topological polar surface area (TPSA) is 95.9 Å². The lowest BCUT2D eigenvalue weighted by atomic mass is 10.0. The summed E-state index contributed by atoms with van der Waals surface area (Å²) in [6, 6.07) is -0.537. The summed E-state index contributed by atoms with van der Waals surface area (Å²) < 4.78 is 5.52. The van der Waals surface area contributed by atoms with Gasteiger partial charge >= 0.3 is 5.97 Å². The van der Waals surface area contributed by atoms with E-state index in [0.29, 0.717) is 25.9 Å². The Balaban J connectivity index is 3.30. The normalized spacial score (nSPS) is 12.5. The maximum atomic E-state index is 12.5. The van der Waals surface area contributed by atoms with Crippen LogP contribution in [0.15, 0.2) is 12.2 Å². The molecule has 0 bridgehead atoms. The van der Waals surface area contributed by atoms with Crippen LogP contribution in [0.25, 0.3) is 0 Å². The first-order valence-corrected chi connectivity index (χ1v) is 36.9. The number of aliphatic hydroxyl groups is 2. The first-order chi connectivity index (χ1) is 39.5. The van der Waals surface area contributed by atoms with Crippen LogP contribution in [0.2, 0.25) is 0 Å². The summed E-state index contributed by atoms with van der Waals surface area (Å²) >= 11 is 0. The molecule has 6 nitrogen and oxygen atoms in total. The smallest absolute Gasteiger partial charge is 0.305 e. The minimum atomic E-state index is -0.660. The van der Waals surface area contributed by atoms with Crippen molar-refractivity contribution < 1.29 is 24.5 Å². The number of hydrogen-bond donors (Lipinski definition) is 3. The molecule has 80 heavy (non-hydrogen) atoms. The van der Waals surface area contributed by atoms with Crippen LogP contribution in [0.4, 0.5) is 0 Å². The van der Waals surface area contributed by atoms with E-state index in [9.17, 15) is 19.8 Å². The van der Waals surface area contributed by atoms with Crippen molar-refractivity contribution in [2.75, 3.05) is 13.2 Å². The van der Waals surface area contributed by atoms with Gasteiger partial charge in [0.25, 0.3) is 0 Å². The third-order valence-corrected chi connectivity index (χ3v) is 17.6. The molecule has 6 heteroatoms. The molecule has 0 aromatic carbocycles. The number of esters is 1. The van der Waals surface area contributed by atoms with Gasteiger partial charge in [0.05, 0.1) is 25.4 Å². The summed E-state index contributed by atoms with van der Waals surface area (Å²) in [6.07, 6.45) is 87.2. The van der Waals surface area contributed by atoms with E-state index in [1.807, 2.05) is 0 Å². The Bertz CT molecular complexity index is 1210. The number of allylic oxidation sites excluding steroid dienone is 2. The Morgan fingerprint density at radius 3 is 0.887 bits per heavy atom. The van der Waals surface area contributed by atoms with Crippen LogP contribution in [0.1, 0.15) is 425 Å². The summed E-state index contributed by atoms with van der Waals surface area (Å²) in [5, 5.41) is 23.2. The molecular weight excluding hydrogens is 983 g/mol. The highest BCUT2D eigenvalue weighted by Crippen LogP contribution is 2.19. The maximum Gasteiger partial charge on any atom is 0.305 e. The fraction of sp³-hybridized carbons (Fsp3) is 0.946. The molecule has 0 radical (unpaired) electrons. The molecule has 1 amide bonds. The van der Waals surface area contributed by atoms with Crippen LogP contribution in [0, 0.1) is 0 Å². The number of nitrogens with one attached hydrogen (secondary N) is 1. The third kappa shape index (κ3) is 65.7. The van der Waals surface area contributed by atoms with Crippen LogP contribution in [-0.2, 0) is 14.3 Å². The minimum absolute atomic E-state index is 0.0245. The van der Waals surface area contributed by atoms with Crippen LogP contribution >= 0.6 is 0 Å². The summed E-state index contributed by atoms with van der Waals surface area (Å²) in [5.41, 5.74) is 0. The standard InChI is InChI=1S/C74H145NO5/c1-3-5-7-9-11-13-15-16-17-18-34-38-41-44-48-52-56-60-64-68-74(79)80-69-65-61-57-53-49-45-42-39-36-33-31-29-27-25-23-21-19-20-22-24-26-28-30-32-35-37-40-43-47-51-55-59-63-67-73(78)75-71(70-76)72(77)66-62-58-54-50-46-14-12-10-8-6-4-2/h23,25,71-72,76-77H,3-22,24,26-70H2,1-2H3,(H,75,78)/b25-23-. The number of unbranched alkanes of at least 4 members (excludes halogenated alkanes) is 57. The first kappa shape index (κ1) is 78.6. The highest BCUT2D eigenvalue weighted by molar-refractivity contribution is 5.76. The number of ether oxygens (including phenoxy) is 1. The van der Waals surface area contributed by atoms with Gasteiger partial charge in [0, 0.05) is 12.8 Å². The molecule has 0 fully saturated rings. The lowest BCUT2D eigenvalue weighted by Gasteiger charge is -2.22. The second-order valence-corrected chi connectivity index (χ2v) is 25.6. The Morgan fingerprint density at radius 1 is 0.338 bits per heavy atom. The van der Waals surface area contributed by atoms with Gasteiger partial charge in [0.15, 0.2) is 0 Å². The van der Waals surface area contributed by atoms with E-state index < -0.39 is 12.1 Å². The highest BCUT2D eigenvalue weighted by Gasteiger charge is 2.20. The predicted octanol–water partition coefficient (Wildman–Crippen LogP) is 23.9. The van der Waals surface area contributed by atoms with Crippen LogP contribution in [-0.4, -0.2) is 47.4 Å². The van der Waals surface area contributed by atoms with Crippen molar-refractivity contribution in [1.82, 2.24) is 5.32 Å². The summed E-state index contributed by atoms with van der Waals surface area (Å²) in [6.45, 7) is 4.99. The Kier molecular flexibility index (Phi) is 68.9. The first-order valence-electron chi connectivity index (χ1n) is 36.9. The van der Waals surface area contributed by atoms with E-state index in [1.165, 1.54) is 353 Å². The van der Waals surface area contributed by atoms with Crippen molar-refractivity contribution in [3.8, 4) is 0 Å². The van der Waals surface area contributed by atoms with Gasteiger partial charge in [0.2, 0.25) is 5.91 Å². The van der Waals surface area contributed by atoms with E-state index in [4.69, 9.17) is 4.74 Å². The van der Waals surface area contributed by atoms with Crippen molar-refractivity contribution in [3.63, 3.8) is 0 Å². The zero-order chi connectivity index (χ0) is 57.8. The second-order valence-electron chi connectivity index (χ2n) is 25.6. The van der Waals surface area contributed by atoms with Crippen LogP contribution in [0.3, 0.4) is 0 Å². The van der Waals surface area contributed by atoms with Crippen molar-refractivity contribution in [2.45, 2.75) is 437 Å². The van der Waals surface area contributed by atoms with E-state index in [2.05, 4.69) is 31.3 Å².